The number of nitriles is 1. The standard InChI is InChI=1S/C21H19N3O2S/c1-2-26-15-9-7-13(8-10-15)11-14(12-22)19-23-20(25)18-16-5-3-4-6-17(16)27-21(18)24-19/h7-11H,2-6H2,1H3,(H,23,24,25). The molecule has 1 aliphatic carbocycles. The lowest BCUT2D eigenvalue weighted by Crippen LogP contribution is -2.12. The van der Waals surface area contributed by atoms with Gasteiger partial charge in [0.1, 0.15) is 16.6 Å². The number of aromatic amines is 1. The summed E-state index contributed by atoms with van der Waals surface area (Å²) in [7, 11) is 0. The van der Waals surface area contributed by atoms with Gasteiger partial charge in [-0.1, -0.05) is 12.1 Å². The second-order valence-electron chi connectivity index (χ2n) is 6.48. The molecule has 0 fully saturated rings. The maximum atomic E-state index is 12.7. The monoisotopic (exact) mass is 377 g/mol. The summed E-state index contributed by atoms with van der Waals surface area (Å²) >= 11 is 1.59. The number of benzene rings is 1. The lowest BCUT2D eigenvalue weighted by Gasteiger charge is -2.09. The van der Waals surface area contributed by atoms with Gasteiger partial charge in [-0.15, -0.1) is 11.3 Å². The number of aromatic nitrogens is 2. The number of hydrogen-bond donors (Lipinski definition) is 1. The maximum Gasteiger partial charge on any atom is 0.260 e. The molecule has 2 heterocycles. The number of H-pyrrole nitrogens is 1. The fraction of sp³-hybridized carbons (Fsp3) is 0.286. The zero-order valence-electron chi connectivity index (χ0n) is 15.0. The molecular weight excluding hydrogens is 358 g/mol. The van der Waals surface area contributed by atoms with Gasteiger partial charge in [-0.3, -0.25) is 4.79 Å². The lowest BCUT2D eigenvalue weighted by atomic mass is 9.97. The number of ether oxygens (including phenoxy) is 1. The fourth-order valence-corrected chi connectivity index (χ4v) is 4.70. The zero-order valence-corrected chi connectivity index (χ0v) is 15.9. The molecule has 0 unspecified atom stereocenters. The van der Waals surface area contributed by atoms with E-state index in [1.165, 1.54) is 4.88 Å². The van der Waals surface area contributed by atoms with E-state index < -0.39 is 0 Å². The predicted molar refractivity (Wildman–Crippen MR) is 108 cm³/mol. The van der Waals surface area contributed by atoms with Crippen LogP contribution in [0, 0.1) is 11.3 Å². The molecule has 27 heavy (non-hydrogen) atoms. The summed E-state index contributed by atoms with van der Waals surface area (Å²) in [5.41, 5.74) is 2.19. The van der Waals surface area contributed by atoms with E-state index in [-0.39, 0.29) is 5.56 Å². The minimum Gasteiger partial charge on any atom is -0.494 e. The number of rotatable bonds is 4. The smallest absolute Gasteiger partial charge is 0.260 e. The molecule has 4 rings (SSSR count). The van der Waals surface area contributed by atoms with Crippen LogP contribution in [-0.2, 0) is 12.8 Å². The number of thiophene rings is 1. The Balaban J connectivity index is 1.75. The third-order valence-electron chi connectivity index (χ3n) is 4.70. The van der Waals surface area contributed by atoms with Gasteiger partial charge in [0.05, 0.1) is 17.6 Å². The van der Waals surface area contributed by atoms with E-state index in [2.05, 4.69) is 16.0 Å². The summed E-state index contributed by atoms with van der Waals surface area (Å²) in [6.07, 6.45) is 5.95. The Morgan fingerprint density at radius 2 is 2.11 bits per heavy atom. The molecule has 0 saturated heterocycles. The van der Waals surface area contributed by atoms with Crippen LogP contribution in [0.15, 0.2) is 29.1 Å². The van der Waals surface area contributed by atoms with E-state index in [1.807, 2.05) is 31.2 Å². The highest BCUT2D eigenvalue weighted by molar-refractivity contribution is 7.18. The Labute approximate surface area is 161 Å². The van der Waals surface area contributed by atoms with Gasteiger partial charge >= 0.3 is 0 Å². The van der Waals surface area contributed by atoms with Crippen molar-refractivity contribution in [3.05, 3.63) is 56.4 Å². The molecule has 6 heteroatoms. The van der Waals surface area contributed by atoms with Crippen molar-refractivity contribution in [2.45, 2.75) is 32.6 Å². The number of hydrogen-bond acceptors (Lipinski definition) is 5. The normalized spacial score (nSPS) is 14.0. The topological polar surface area (TPSA) is 78.8 Å². The van der Waals surface area contributed by atoms with Crippen LogP contribution in [0.5, 0.6) is 5.75 Å². The van der Waals surface area contributed by atoms with Crippen molar-refractivity contribution in [1.29, 1.82) is 5.26 Å². The van der Waals surface area contributed by atoms with Crippen molar-refractivity contribution in [3.8, 4) is 11.8 Å². The number of allylic oxidation sites excluding steroid dienone is 1. The van der Waals surface area contributed by atoms with Crippen molar-refractivity contribution in [2.75, 3.05) is 6.61 Å². The SMILES string of the molecule is CCOc1ccc(C=C(C#N)c2nc3sc4c(c3c(=O)[nH]2)CCCC4)cc1. The van der Waals surface area contributed by atoms with E-state index in [0.29, 0.717) is 23.4 Å². The molecule has 0 spiro atoms. The first-order valence-electron chi connectivity index (χ1n) is 9.09. The van der Waals surface area contributed by atoms with Gasteiger partial charge in [-0.05, 0) is 61.9 Å². The van der Waals surface area contributed by atoms with Gasteiger partial charge in [-0.25, -0.2) is 4.98 Å². The van der Waals surface area contributed by atoms with Crippen molar-refractivity contribution < 1.29 is 4.74 Å². The van der Waals surface area contributed by atoms with Gasteiger partial charge in [0.2, 0.25) is 0 Å². The lowest BCUT2D eigenvalue weighted by molar-refractivity contribution is 0.340. The van der Waals surface area contributed by atoms with Gasteiger partial charge < -0.3 is 9.72 Å². The molecule has 0 radical (unpaired) electrons. The highest BCUT2D eigenvalue weighted by Gasteiger charge is 2.20. The number of nitrogens with zero attached hydrogens (tertiary/aromatic N) is 2. The summed E-state index contributed by atoms with van der Waals surface area (Å²) in [6.45, 7) is 2.54. The number of nitrogens with one attached hydrogen (secondary N) is 1. The van der Waals surface area contributed by atoms with Gasteiger partial charge in [0.15, 0.2) is 5.82 Å². The molecule has 0 saturated carbocycles. The second-order valence-corrected chi connectivity index (χ2v) is 7.56. The Kier molecular flexibility index (Phi) is 4.78. The van der Waals surface area contributed by atoms with Crippen LogP contribution in [0.2, 0.25) is 0 Å². The molecule has 1 aromatic carbocycles. The molecule has 136 valence electrons. The van der Waals surface area contributed by atoms with E-state index in [1.54, 1.807) is 17.4 Å². The summed E-state index contributed by atoms with van der Waals surface area (Å²) in [5, 5.41) is 10.3. The average Bonchev–Trinajstić information content (AvgIpc) is 3.06. The number of fused-ring (bicyclic) bond motifs is 3. The third kappa shape index (κ3) is 3.38. The Morgan fingerprint density at radius 3 is 2.85 bits per heavy atom. The maximum absolute atomic E-state index is 12.7. The predicted octanol–water partition coefficient (Wildman–Crippen LogP) is 4.33. The molecule has 2 aromatic heterocycles. The molecule has 1 N–H and O–H groups in total. The molecule has 0 bridgehead atoms. The fourth-order valence-electron chi connectivity index (χ4n) is 3.44. The van der Waals surface area contributed by atoms with Crippen molar-refractivity contribution in [1.82, 2.24) is 9.97 Å². The minimum atomic E-state index is -0.151. The van der Waals surface area contributed by atoms with E-state index in [9.17, 15) is 10.1 Å². The van der Waals surface area contributed by atoms with E-state index in [0.717, 1.165) is 47.4 Å². The molecular formula is C21H19N3O2S. The zero-order chi connectivity index (χ0) is 18.8. The Hall–Kier alpha value is -2.91. The molecule has 3 aromatic rings. The van der Waals surface area contributed by atoms with E-state index in [4.69, 9.17) is 4.74 Å². The second kappa shape index (κ2) is 7.37. The summed E-state index contributed by atoms with van der Waals surface area (Å²) < 4.78 is 5.44. The third-order valence-corrected chi connectivity index (χ3v) is 5.89. The first-order chi connectivity index (χ1) is 13.2. The van der Waals surface area contributed by atoms with Crippen molar-refractivity contribution in [2.24, 2.45) is 0 Å². The van der Waals surface area contributed by atoms with Crippen molar-refractivity contribution >= 4 is 33.2 Å². The minimum absolute atomic E-state index is 0.151. The molecule has 1 aliphatic rings. The van der Waals surface area contributed by atoms with Gasteiger partial charge in [0, 0.05) is 4.88 Å². The van der Waals surface area contributed by atoms with Crippen LogP contribution in [0.1, 0.15) is 41.6 Å². The van der Waals surface area contributed by atoms with Crippen LogP contribution >= 0.6 is 11.3 Å². The summed E-state index contributed by atoms with van der Waals surface area (Å²) in [5.74, 6) is 1.10. The van der Waals surface area contributed by atoms with Crippen molar-refractivity contribution in [3.63, 3.8) is 0 Å². The van der Waals surface area contributed by atoms with Crippen LogP contribution in [0.4, 0.5) is 0 Å². The number of aryl methyl sites for hydroxylation is 2. The van der Waals surface area contributed by atoms with Crippen LogP contribution in [0.3, 0.4) is 0 Å². The van der Waals surface area contributed by atoms with Gasteiger partial charge in [0.25, 0.3) is 5.56 Å². The van der Waals surface area contributed by atoms with Crippen LogP contribution in [-0.4, -0.2) is 16.6 Å². The molecule has 0 aliphatic heterocycles. The highest BCUT2D eigenvalue weighted by Crippen LogP contribution is 2.34. The average molecular weight is 377 g/mol. The Morgan fingerprint density at radius 1 is 1.33 bits per heavy atom. The summed E-state index contributed by atoms with van der Waals surface area (Å²) in [6, 6.07) is 9.63. The first-order valence-corrected chi connectivity index (χ1v) is 9.91. The van der Waals surface area contributed by atoms with Crippen LogP contribution < -0.4 is 10.3 Å². The summed E-state index contributed by atoms with van der Waals surface area (Å²) in [4.78, 5) is 22.1. The highest BCUT2D eigenvalue weighted by atomic mass is 32.1. The van der Waals surface area contributed by atoms with Crippen LogP contribution in [0.25, 0.3) is 21.9 Å². The molecule has 0 atom stereocenters. The Bertz CT molecular complexity index is 1120. The first kappa shape index (κ1) is 17.5. The molecule has 5 nitrogen and oxygen atoms in total. The molecule has 0 amide bonds. The van der Waals surface area contributed by atoms with E-state index >= 15 is 0 Å². The van der Waals surface area contributed by atoms with Gasteiger partial charge in [-0.2, -0.15) is 5.26 Å². The largest absolute Gasteiger partial charge is 0.494 e. The quantitative estimate of drug-likeness (QED) is 0.687.